The molecule has 0 aromatic heterocycles. The summed E-state index contributed by atoms with van der Waals surface area (Å²) in [5.74, 6) is 0. The molecule has 110 valence electrons. The van der Waals surface area contributed by atoms with E-state index in [9.17, 15) is 9.90 Å². The fourth-order valence-electron chi connectivity index (χ4n) is 2.22. The normalized spacial score (nSPS) is 22.6. The standard InChI is InChI=1S/C14H20N2O3S/c1-10-7-16(8-12(9-17)19-10)14(18)15-11-4-3-5-13(6-11)20-2/h3-6,10,12,17H,7-9H2,1-2H3,(H,15,18)/t10-,12-/m1/s1. The topological polar surface area (TPSA) is 61.8 Å². The number of nitrogens with one attached hydrogen (secondary N) is 1. The van der Waals surface area contributed by atoms with Gasteiger partial charge in [0.15, 0.2) is 0 Å². The highest BCUT2D eigenvalue weighted by Gasteiger charge is 2.27. The highest BCUT2D eigenvalue weighted by Crippen LogP contribution is 2.20. The first-order valence-electron chi connectivity index (χ1n) is 6.58. The molecule has 1 aromatic carbocycles. The Morgan fingerprint density at radius 1 is 1.55 bits per heavy atom. The van der Waals surface area contributed by atoms with Gasteiger partial charge in [-0.2, -0.15) is 0 Å². The fourth-order valence-corrected chi connectivity index (χ4v) is 2.67. The minimum Gasteiger partial charge on any atom is -0.394 e. The average Bonchev–Trinajstić information content (AvgIpc) is 2.46. The molecule has 0 aliphatic carbocycles. The minimum absolute atomic E-state index is 0.0656. The van der Waals surface area contributed by atoms with E-state index in [1.54, 1.807) is 16.7 Å². The van der Waals surface area contributed by atoms with Crippen molar-refractivity contribution in [2.24, 2.45) is 0 Å². The van der Waals surface area contributed by atoms with Crippen molar-refractivity contribution >= 4 is 23.5 Å². The summed E-state index contributed by atoms with van der Waals surface area (Å²) >= 11 is 1.63. The van der Waals surface area contributed by atoms with Gasteiger partial charge in [-0.15, -0.1) is 11.8 Å². The van der Waals surface area contributed by atoms with Crippen LogP contribution in [0, 0.1) is 0 Å². The molecule has 2 N–H and O–H groups in total. The molecule has 0 bridgehead atoms. The Balaban J connectivity index is 2.00. The summed E-state index contributed by atoms with van der Waals surface area (Å²) in [6, 6.07) is 7.57. The first-order chi connectivity index (χ1) is 9.62. The van der Waals surface area contributed by atoms with E-state index in [0.29, 0.717) is 13.1 Å². The van der Waals surface area contributed by atoms with Crippen LogP contribution in [0.3, 0.4) is 0 Å². The molecule has 1 aliphatic rings. The number of amides is 2. The molecule has 1 fully saturated rings. The quantitative estimate of drug-likeness (QED) is 0.838. The Labute approximate surface area is 123 Å². The predicted molar refractivity (Wildman–Crippen MR) is 80.2 cm³/mol. The Morgan fingerprint density at radius 3 is 3.05 bits per heavy atom. The Bertz CT molecular complexity index is 469. The van der Waals surface area contributed by atoms with Gasteiger partial charge in [0, 0.05) is 17.1 Å². The van der Waals surface area contributed by atoms with Crippen LogP contribution in [0.5, 0.6) is 0 Å². The highest BCUT2D eigenvalue weighted by atomic mass is 32.2. The van der Waals surface area contributed by atoms with E-state index in [4.69, 9.17) is 4.74 Å². The highest BCUT2D eigenvalue weighted by molar-refractivity contribution is 7.98. The van der Waals surface area contributed by atoms with Crippen LogP contribution >= 0.6 is 11.8 Å². The van der Waals surface area contributed by atoms with Crippen molar-refractivity contribution in [2.45, 2.75) is 24.0 Å². The maximum atomic E-state index is 12.2. The molecule has 5 nitrogen and oxygen atoms in total. The third kappa shape index (κ3) is 3.88. The first-order valence-corrected chi connectivity index (χ1v) is 7.81. The number of thioether (sulfide) groups is 1. The number of carbonyl (C=O) groups excluding carboxylic acids is 1. The second-order valence-electron chi connectivity index (χ2n) is 4.82. The number of hydrogen-bond donors (Lipinski definition) is 2. The lowest BCUT2D eigenvalue weighted by Gasteiger charge is -2.36. The van der Waals surface area contributed by atoms with Gasteiger partial charge in [0.2, 0.25) is 0 Å². The number of hydrogen-bond acceptors (Lipinski definition) is 4. The van der Waals surface area contributed by atoms with Gasteiger partial charge in [-0.1, -0.05) is 6.07 Å². The Kier molecular flexibility index (Phi) is 5.28. The fraction of sp³-hybridized carbons (Fsp3) is 0.500. The van der Waals surface area contributed by atoms with Crippen LogP contribution in [-0.4, -0.2) is 54.2 Å². The van der Waals surface area contributed by atoms with E-state index in [-0.39, 0.29) is 24.8 Å². The number of nitrogens with zero attached hydrogens (tertiary/aromatic N) is 1. The number of benzene rings is 1. The zero-order chi connectivity index (χ0) is 14.5. The lowest BCUT2D eigenvalue weighted by atomic mass is 10.2. The van der Waals surface area contributed by atoms with E-state index in [1.807, 2.05) is 37.4 Å². The van der Waals surface area contributed by atoms with Crippen molar-refractivity contribution in [3.05, 3.63) is 24.3 Å². The molecule has 1 aliphatic heterocycles. The second-order valence-corrected chi connectivity index (χ2v) is 5.70. The lowest BCUT2D eigenvalue weighted by Crippen LogP contribution is -2.51. The van der Waals surface area contributed by atoms with Gasteiger partial charge in [-0.25, -0.2) is 4.79 Å². The molecule has 20 heavy (non-hydrogen) atoms. The van der Waals surface area contributed by atoms with Crippen LogP contribution in [0.2, 0.25) is 0 Å². The van der Waals surface area contributed by atoms with Crippen LogP contribution < -0.4 is 5.32 Å². The molecule has 0 unspecified atom stereocenters. The van der Waals surface area contributed by atoms with Crippen LogP contribution in [0.4, 0.5) is 10.5 Å². The second kappa shape index (κ2) is 6.97. The molecule has 2 atom stereocenters. The van der Waals surface area contributed by atoms with Gasteiger partial charge >= 0.3 is 6.03 Å². The number of ether oxygens (including phenoxy) is 1. The van der Waals surface area contributed by atoms with Gasteiger partial charge in [0.1, 0.15) is 0 Å². The van der Waals surface area contributed by atoms with Crippen LogP contribution in [0.15, 0.2) is 29.2 Å². The number of urea groups is 1. The number of carbonyl (C=O) groups is 1. The summed E-state index contributed by atoms with van der Waals surface area (Å²) in [6.45, 7) is 2.77. The van der Waals surface area contributed by atoms with E-state index in [2.05, 4.69) is 5.32 Å². The molecule has 0 radical (unpaired) electrons. The van der Waals surface area contributed by atoms with E-state index < -0.39 is 0 Å². The average molecular weight is 296 g/mol. The monoisotopic (exact) mass is 296 g/mol. The minimum atomic E-state index is -0.304. The summed E-state index contributed by atoms with van der Waals surface area (Å²) in [7, 11) is 0. The van der Waals surface area contributed by atoms with Gasteiger partial charge in [-0.3, -0.25) is 0 Å². The van der Waals surface area contributed by atoms with Gasteiger partial charge in [0.25, 0.3) is 0 Å². The van der Waals surface area contributed by atoms with Gasteiger partial charge in [-0.05, 0) is 31.4 Å². The number of rotatable bonds is 3. The van der Waals surface area contributed by atoms with Gasteiger partial charge in [0.05, 0.1) is 25.4 Å². The molecule has 2 amide bonds. The Morgan fingerprint density at radius 2 is 2.35 bits per heavy atom. The maximum Gasteiger partial charge on any atom is 0.322 e. The number of morpholine rings is 1. The van der Waals surface area contributed by atoms with Crippen molar-refractivity contribution in [1.82, 2.24) is 4.90 Å². The van der Waals surface area contributed by atoms with Gasteiger partial charge < -0.3 is 20.1 Å². The van der Waals surface area contributed by atoms with Crippen LogP contribution in [0.25, 0.3) is 0 Å². The molecule has 6 heteroatoms. The van der Waals surface area contributed by atoms with Crippen LogP contribution in [-0.2, 0) is 4.74 Å². The van der Waals surface area contributed by atoms with E-state index >= 15 is 0 Å². The van der Waals surface area contributed by atoms with Crippen molar-refractivity contribution in [3.8, 4) is 0 Å². The number of aliphatic hydroxyl groups excluding tert-OH is 1. The SMILES string of the molecule is CSc1cccc(NC(=O)N2C[C@H](CO)O[C@H](C)C2)c1. The summed E-state index contributed by atoms with van der Waals surface area (Å²) in [6.07, 6.45) is 1.63. The van der Waals surface area contributed by atoms with E-state index in [0.717, 1.165) is 10.6 Å². The molecule has 0 spiro atoms. The van der Waals surface area contributed by atoms with Crippen molar-refractivity contribution in [3.63, 3.8) is 0 Å². The van der Waals surface area contributed by atoms with Crippen molar-refractivity contribution in [1.29, 1.82) is 0 Å². The number of aliphatic hydroxyl groups is 1. The molecule has 0 saturated carbocycles. The zero-order valence-electron chi connectivity index (χ0n) is 11.7. The first kappa shape index (κ1) is 15.2. The molecule has 1 aromatic rings. The van der Waals surface area contributed by atoms with Crippen molar-refractivity contribution in [2.75, 3.05) is 31.3 Å². The number of anilines is 1. The summed E-state index contributed by atoms with van der Waals surface area (Å²) in [5, 5.41) is 12.1. The predicted octanol–water partition coefficient (Wildman–Crippen LogP) is 2.02. The molecule has 1 heterocycles. The maximum absolute atomic E-state index is 12.2. The molecule has 1 saturated heterocycles. The van der Waals surface area contributed by atoms with Crippen molar-refractivity contribution < 1.29 is 14.6 Å². The summed E-state index contributed by atoms with van der Waals surface area (Å²) in [4.78, 5) is 15.0. The lowest BCUT2D eigenvalue weighted by molar-refractivity contribution is -0.0822. The van der Waals surface area contributed by atoms with E-state index in [1.165, 1.54) is 0 Å². The molecule has 2 rings (SSSR count). The molecular formula is C14H20N2O3S. The summed E-state index contributed by atoms with van der Waals surface area (Å²) < 4.78 is 5.53. The van der Waals surface area contributed by atoms with Crippen LogP contribution in [0.1, 0.15) is 6.92 Å². The zero-order valence-corrected chi connectivity index (χ0v) is 12.5. The smallest absolute Gasteiger partial charge is 0.322 e. The third-order valence-electron chi connectivity index (χ3n) is 3.14. The summed E-state index contributed by atoms with van der Waals surface area (Å²) in [5.41, 5.74) is 0.779. The third-order valence-corrected chi connectivity index (χ3v) is 3.86. The Hall–Kier alpha value is -1.24. The molecular weight excluding hydrogens is 276 g/mol. The largest absolute Gasteiger partial charge is 0.394 e.